The monoisotopic (exact) mass is 1240 g/mol. The summed E-state index contributed by atoms with van der Waals surface area (Å²) >= 11 is 1.44. The van der Waals surface area contributed by atoms with E-state index in [0.29, 0.717) is 101 Å². The van der Waals surface area contributed by atoms with Crippen molar-refractivity contribution < 1.29 is 73.3 Å². The molecule has 0 radical (unpaired) electrons. The van der Waals surface area contributed by atoms with E-state index in [4.69, 9.17) is 14.2 Å². The van der Waals surface area contributed by atoms with Crippen molar-refractivity contribution in [2.24, 2.45) is 53.3 Å². The van der Waals surface area contributed by atoms with Gasteiger partial charge in [-0.3, -0.25) is 28.9 Å². The molecule has 488 valence electrons. The topological polar surface area (TPSA) is 273 Å². The number of hydrogen-bond acceptors (Lipinski definition) is 17. The van der Waals surface area contributed by atoms with Gasteiger partial charge in [0.05, 0.1) is 48.5 Å². The van der Waals surface area contributed by atoms with Crippen LogP contribution in [0.1, 0.15) is 166 Å². The average Bonchev–Trinajstić information content (AvgIpc) is 1.59. The van der Waals surface area contributed by atoms with E-state index in [9.17, 15) is 59.1 Å². The largest absolute Gasteiger partial charge is 0.477 e. The van der Waals surface area contributed by atoms with E-state index in [1.165, 1.54) is 21.6 Å². The summed E-state index contributed by atoms with van der Waals surface area (Å²) in [5.41, 5.74) is 1.12. The number of ether oxygens (including phenoxy) is 3. The Morgan fingerprint density at radius 3 is 2.31 bits per heavy atom. The van der Waals surface area contributed by atoms with Crippen molar-refractivity contribution in [2.45, 2.75) is 243 Å². The second-order valence-corrected chi connectivity index (χ2v) is 30.0. The van der Waals surface area contributed by atoms with Gasteiger partial charge in [0, 0.05) is 85.1 Å². The number of amides is 3. The number of carboxylic acid groups (broad SMARTS) is 1. The van der Waals surface area contributed by atoms with Gasteiger partial charge >= 0.3 is 11.9 Å². The number of esters is 1. The zero-order chi connectivity index (χ0) is 63.9. The molecule has 0 aromatic carbocycles. The number of thioether (sulfide) groups is 1. The van der Waals surface area contributed by atoms with Gasteiger partial charge in [0.25, 0.3) is 11.7 Å². The molecule has 0 spiro atoms. The molecule has 7 heterocycles. The smallest absolute Gasteiger partial charge is 0.353 e. The number of likely N-dealkylation sites (tertiary alicyclic amines) is 2. The fourth-order valence-electron chi connectivity index (χ4n) is 16.3. The summed E-state index contributed by atoms with van der Waals surface area (Å²) in [6, 6.07) is -2.01. The molecule has 5 saturated heterocycles. The van der Waals surface area contributed by atoms with Gasteiger partial charge in [-0.15, -0.1) is 11.8 Å². The van der Waals surface area contributed by atoms with Crippen LogP contribution in [0.15, 0.2) is 33.9 Å². The number of piperidine rings is 1. The molecule has 0 unspecified atom stereocenters. The average molecular weight is 1240 g/mol. The molecular formula is C66H103N5O15S. The number of nitrogens with one attached hydrogen (secondary N) is 1. The van der Waals surface area contributed by atoms with Gasteiger partial charge in [0.15, 0.2) is 0 Å². The van der Waals surface area contributed by atoms with Crippen molar-refractivity contribution >= 4 is 53.0 Å². The van der Waals surface area contributed by atoms with Gasteiger partial charge in [-0.2, -0.15) is 0 Å². The Kier molecular flexibility index (Phi) is 22.3. The second-order valence-electron chi connectivity index (χ2n) is 28.7. The van der Waals surface area contributed by atoms with Crippen molar-refractivity contribution in [3.05, 3.63) is 33.9 Å². The first-order valence-corrected chi connectivity index (χ1v) is 33.4. The van der Waals surface area contributed by atoms with Crippen molar-refractivity contribution in [3.8, 4) is 0 Å². The van der Waals surface area contributed by atoms with Crippen molar-refractivity contribution in [1.29, 1.82) is 0 Å². The number of rotatable bonds is 13. The van der Waals surface area contributed by atoms with Gasteiger partial charge in [0.2, 0.25) is 17.6 Å². The number of cyclic esters (lactones) is 1. The third-order valence-corrected chi connectivity index (χ3v) is 22.6. The van der Waals surface area contributed by atoms with Crippen LogP contribution in [0.25, 0.3) is 0 Å². The Morgan fingerprint density at radius 2 is 1.63 bits per heavy atom. The maximum absolute atomic E-state index is 15.0. The standard InChI is InChI=1S/C66H103N5O15S/c1-34-24-35(2)26-44(19-21-65(10,11)67-45-20-23-69(32-45)60(77)48-30-46(33-68(48)12)87-58-41(8)54-53(42(9)72)61(78)71(54)55(58)63(80)81)51(75)31-50(74)40(7)57(38(5)28-43-17-18-49(73)52(29-43)84-13)85-64(82)47-16-14-15-22-70(47)62(79)59(76)66(83)39(6)27-37(4)56(86-66)36(3)25-34/h26,28,34,36-37,39-50,52-54,56-57,67,72-74,83H,14-25,27,29-33H2,1-13H3,(H,80,81)/b35-26+,38-28+/t34-,36-,37-,39+,40+,41+,42+,43-,44+,45-,46-,47-,48-,49+,50-,52+,53+,54+,56+,57+,66+/m0/s1. The highest BCUT2D eigenvalue weighted by Gasteiger charge is 2.61. The van der Waals surface area contributed by atoms with Gasteiger partial charge in [-0.1, -0.05) is 59.3 Å². The third kappa shape index (κ3) is 15.0. The number of carbonyl (C=O) groups excluding carboxylic acids is 6. The molecule has 1 aliphatic carbocycles. The number of likely N-dealkylation sites (N-methyl/N-ethyl adjacent to an activating group) is 1. The number of carboxylic acids is 1. The van der Waals surface area contributed by atoms with Crippen LogP contribution in [-0.2, 0) is 47.8 Å². The summed E-state index contributed by atoms with van der Waals surface area (Å²) in [7, 11) is 3.48. The zero-order valence-corrected chi connectivity index (χ0v) is 54.8. The van der Waals surface area contributed by atoms with Crippen LogP contribution in [0.5, 0.6) is 0 Å². The Bertz CT molecular complexity index is 2660. The molecule has 8 rings (SSSR count). The molecule has 2 bridgehead atoms. The second kappa shape index (κ2) is 28.2. The van der Waals surface area contributed by atoms with Crippen molar-refractivity contribution in [1.82, 2.24) is 24.9 Å². The lowest BCUT2D eigenvalue weighted by molar-refractivity contribution is -0.282. The fraction of sp³-hybridized carbons (Fsp3) is 0.803. The number of fused-ring (bicyclic) bond motifs is 4. The number of carbonyl (C=O) groups is 7. The predicted octanol–water partition coefficient (Wildman–Crippen LogP) is 6.01. The van der Waals surface area contributed by atoms with E-state index in [2.05, 4.69) is 26.1 Å². The molecular weight excluding hydrogens is 1130 g/mol. The summed E-state index contributed by atoms with van der Waals surface area (Å²) in [6.45, 7) is 22.9. The van der Waals surface area contributed by atoms with Crippen LogP contribution in [0.3, 0.4) is 0 Å². The van der Waals surface area contributed by atoms with Crippen LogP contribution in [0, 0.1) is 53.3 Å². The maximum Gasteiger partial charge on any atom is 0.353 e. The van der Waals surface area contributed by atoms with Crippen LogP contribution >= 0.6 is 11.8 Å². The van der Waals surface area contributed by atoms with E-state index >= 15 is 0 Å². The molecule has 20 nitrogen and oxygen atoms in total. The lowest BCUT2D eigenvalue weighted by Gasteiger charge is -2.46. The van der Waals surface area contributed by atoms with E-state index in [-0.39, 0.29) is 83.6 Å². The first-order valence-electron chi connectivity index (χ1n) is 32.5. The van der Waals surface area contributed by atoms with E-state index < -0.39 is 113 Å². The molecule has 8 aliphatic rings. The van der Waals surface area contributed by atoms with Gasteiger partial charge in [-0.05, 0) is 154 Å². The number of aliphatic carboxylic acids is 1. The number of hydrogen-bond donors (Lipinski definition) is 6. The van der Waals surface area contributed by atoms with Crippen molar-refractivity contribution in [3.63, 3.8) is 0 Å². The van der Waals surface area contributed by atoms with E-state index in [1.807, 2.05) is 63.6 Å². The zero-order valence-electron chi connectivity index (χ0n) is 53.9. The molecule has 0 aromatic heterocycles. The molecule has 21 heteroatoms. The number of ketones is 2. The van der Waals surface area contributed by atoms with Gasteiger partial charge in [0.1, 0.15) is 23.6 Å². The highest BCUT2D eigenvalue weighted by atomic mass is 32.2. The van der Waals surface area contributed by atoms with Crippen molar-refractivity contribution in [2.75, 3.05) is 40.3 Å². The van der Waals surface area contributed by atoms with Gasteiger partial charge in [-0.25, -0.2) is 9.59 Å². The first-order chi connectivity index (χ1) is 40.8. The SMILES string of the molecule is CO[C@@H]1C[C@H](/C=C(\C)[C@H]2OC(=O)[C@@H]3CCCCN3C(=O)C(=O)[C@]3(O)O[C@H]([C@@H](C)C[C@@H](C)C/C(C)=C/[C@@H](CCC(C)(C)N[C@H]4CCN(C(=O)[C@@H]5C[C@H](SC6=C(C(=O)O)N7C(=O)[C@H]([C@@H](C)O)[C@H]7[C@H]6C)CN5C)C4)C(=O)C[C@H](O)[C@H]2C)[C@@H](C)C[C@H]3C)CC[C@H]1O. The lowest BCUT2D eigenvalue weighted by atomic mass is 9.76. The van der Waals surface area contributed by atoms with Crippen LogP contribution in [0.4, 0.5) is 0 Å². The number of Topliss-reactive ketones (excluding diaryl/α,β-unsaturated/α-hetero) is 2. The van der Waals surface area contributed by atoms with Gasteiger partial charge < -0.3 is 59.8 Å². The highest BCUT2D eigenvalue weighted by molar-refractivity contribution is 8.03. The minimum atomic E-state index is -2.41. The normalized spacial score (nSPS) is 40.3. The summed E-state index contributed by atoms with van der Waals surface area (Å²) in [4.78, 5) is 106. The highest BCUT2D eigenvalue weighted by Crippen LogP contribution is 2.52. The number of allylic oxidation sites excluding steroid dienone is 3. The maximum atomic E-state index is 15.0. The number of methoxy groups -OCH3 is 1. The lowest BCUT2D eigenvalue weighted by Crippen LogP contribution is -2.63. The molecule has 87 heavy (non-hydrogen) atoms. The minimum absolute atomic E-state index is 0.0125. The Labute approximate surface area is 519 Å². The molecule has 21 atom stereocenters. The van der Waals surface area contributed by atoms with Crippen LogP contribution < -0.4 is 5.32 Å². The van der Waals surface area contributed by atoms with Crippen LogP contribution in [0.2, 0.25) is 0 Å². The molecule has 1 saturated carbocycles. The fourth-order valence-corrected chi connectivity index (χ4v) is 17.9. The number of β-lactam (4-membered cyclic amide) rings is 1. The summed E-state index contributed by atoms with van der Waals surface area (Å²) in [6.07, 6.45) is 5.99. The van der Waals surface area contributed by atoms with Crippen LogP contribution in [-0.4, -0.2) is 204 Å². The number of nitrogens with zero attached hydrogens (tertiary/aromatic N) is 4. The molecule has 0 aromatic rings. The predicted molar refractivity (Wildman–Crippen MR) is 328 cm³/mol. The Morgan fingerprint density at radius 1 is 0.931 bits per heavy atom. The quantitative estimate of drug-likeness (QED) is 0.0533. The Hall–Kier alpha value is -4.06. The minimum Gasteiger partial charge on any atom is -0.477 e. The first kappa shape index (κ1) is 68.8. The number of aliphatic hydroxyl groups is 4. The molecule has 6 fully saturated rings. The summed E-state index contributed by atoms with van der Waals surface area (Å²) in [5, 5.41) is 59.5. The van der Waals surface area contributed by atoms with E-state index in [0.717, 1.165) is 12.0 Å². The Balaban J connectivity index is 0.987. The molecule has 6 N–H and O–H groups in total. The summed E-state index contributed by atoms with van der Waals surface area (Å²) < 4.78 is 18.5. The summed E-state index contributed by atoms with van der Waals surface area (Å²) in [5.74, 6) is -10.1. The van der Waals surface area contributed by atoms with E-state index in [1.54, 1.807) is 27.9 Å². The number of aliphatic hydroxyl groups excluding tert-OH is 3. The third-order valence-electron chi connectivity index (χ3n) is 21.1. The molecule has 7 aliphatic heterocycles. The molecule has 3 amide bonds.